The van der Waals surface area contributed by atoms with Gasteiger partial charge in [-0.3, -0.25) is 0 Å². The number of hydrogen-bond acceptors (Lipinski definition) is 4. The third-order valence-corrected chi connectivity index (χ3v) is 1.80. The Kier molecular flexibility index (Phi) is 2.44. The first-order valence-corrected chi connectivity index (χ1v) is 4.51. The number of nitrogens with zero attached hydrogens (tertiary/aromatic N) is 2. The minimum Gasteiger partial charge on any atom is -0.463 e. The largest absolute Gasteiger partial charge is 0.463 e. The van der Waals surface area contributed by atoms with Gasteiger partial charge in [0.1, 0.15) is 11.5 Å². The number of aromatic nitrogens is 2. The van der Waals surface area contributed by atoms with E-state index in [1.165, 1.54) is 0 Å². The van der Waals surface area contributed by atoms with Crippen LogP contribution in [-0.4, -0.2) is 16.7 Å². The molecular formula is C10H11N3O. The van der Waals surface area contributed by atoms with Crippen molar-refractivity contribution >= 4 is 5.82 Å². The summed E-state index contributed by atoms with van der Waals surface area (Å²) in [4.78, 5) is 0. The standard InChI is InChI=1S/C10H11N3O/c1-2-11-10-6-5-8(12-13-10)9-4-3-7-14-9/h3-7H,2H2,1H3,(H,11,13). The van der Waals surface area contributed by atoms with Gasteiger partial charge in [-0.25, -0.2) is 0 Å². The van der Waals surface area contributed by atoms with Crippen LogP contribution < -0.4 is 5.32 Å². The van der Waals surface area contributed by atoms with Gasteiger partial charge in [0.05, 0.1) is 6.26 Å². The summed E-state index contributed by atoms with van der Waals surface area (Å²) >= 11 is 0. The molecule has 2 rings (SSSR count). The zero-order chi connectivity index (χ0) is 9.80. The molecule has 4 heteroatoms. The predicted octanol–water partition coefficient (Wildman–Crippen LogP) is 2.17. The van der Waals surface area contributed by atoms with Gasteiger partial charge in [0.25, 0.3) is 0 Å². The van der Waals surface area contributed by atoms with Crippen molar-refractivity contribution < 1.29 is 4.42 Å². The van der Waals surface area contributed by atoms with Gasteiger partial charge in [-0.15, -0.1) is 10.2 Å². The van der Waals surface area contributed by atoms with Gasteiger partial charge >= 0.3 is 0 Å². The van der Waals surface area contributed by atoms with Crippen molar-refractivity contribution in [1.29, 1.82) is 0 Å². The fourth-order valence-corrected chi connectivity index (χ4v) is 1.16. The molecule has 1 N–H and O–H groups in total. The van der Waals surface area contributed by atoms with Crippen LogP contribution in [0.2, 0.25) is 0 Å². The molecule has 4 nitrogen and oxygen atoms in total. The maximum atomic E-state index is 5.20. The zero-order valence-corrected chi connectivity index (χ0v) is 7.90. The Morgan fingerprint density at radius 3 is 2.79 bits per heavy atom. The molecule has 72 valence electrons. The molecule has 0 saturated heterocycles. The van der Waals surface area contributed by atoms with Crippen molar-refractivity contribution in [2.75, 3.05) is 11.9 Å². The van der Waals surface area contributed by atoms with Crippen molar-refractivity contribution in [2.24, 2.45) is 0 Å². The van der Waals surface area contributed by atoms with Gasteiger partial charge in [-0.05, 0) is 31.2 Å². The van der Waals surface area contributed by atoms with Crippen LogP contribution in [0.15, 0.2) is 34.9 Å². The lowest BCUT2D eigenvalue weighted by molar-refractivity contribution is 0.579. The summed E-state index contributed by atoms with van der Waals surface area (Å²) in [6.45, 7) is 2.86. The molecule has 0 fully saturated rings. The summed E-state index contributed by atoms with van der Waals surface area (Å²) in [5.41, 5.74) is 0.747. The van der Waals surface area contributed by atoms with Gasteiger partial charge in [-0.2, -0.15) is 0 Å². The Morgan fingerprint density at radius 2 is 2.21 bits per heavy atom. The van der Waals surface area contributed by atoms with E-state index in [2.05, 4.69) is 15.5 Å². The van der Waals surface area contributed by atoms with Crippen molar-refractivity contribution in [2.45, 2.75) is 6.92 Å². The van der Waals surface area contributed by atoms with Gasteiger partial charge in [-0.1, -0.05) is 0 Å². The molecular weight excluding hydrogens is 178 g/mol. The molecule has 0 bridgehead atoms. The smallest absolute Gasteiger partial charge is 0.154 e. The Bertz CT molecular complexity index is 380. The van der Waals surface area contributed by atoms with E-state index >= 15 is 0 Å². The van der Waals surface area contributed by atoms with E-state index in [-0.39, 0.29) is 0 Å². The van der Waals surface area contributed by atoms with Crippen molar-refractivity contribution in [3.05, 3.63) is 30.5 Å². The van der Waals surface area contributed by atoms with E-state index in [0.717, 1.165) is 23.8 Å². The topological polar surface area (TPSA) is 51.0 Å². The molecule has 0 unspecified atom stereocenters. The summed E-state index contributed by atoms with van der Waals surface area (Å²) in [6, 6.07) is 7.45. The highest BCUT2D eigenvalue weighted by atomic mass is 16.3. The van der Waals surface area contributed by atoms with Gasteiger partial charge < -0.3 is 9.73 Å². The van der Waals surface area contributed by atoms with Crippen LogP contribution in [0.3, 0.4) is 0 Å². The first kappa shape index (κ1) is 8.74. The van der Waals surface area contributed by atoms with Crippen LogP contribution in [0, 0.1) is 0 Å². The first-order valence-electron chi connectivity index (χ1n) is 4.51. The van der Waals surface area contributed by atoms with Gasteiger partial charge in [0.15, 0.2) is 5.76 Å². The average molecular weight is 189 g/mol. The van der Waals surface area contributed by atoms with Crippen LogP contribution in [0.1, 0.15) is 6.92 Å². The number of rotatable bonds is 3. The van der Waals surface area contributed by atoms with E-state index in [1.54, 1.807) is 6.26 Å². The highest BCUT2D eigenvalue weighted by Crippen LogP contribution is 2.16. The van der Waals surface area contributed by atoms with Crippen LogP contribution in [-0.2, 0) is 0 Å². The molecule has 2 aromatic rings. The van der Waals surface area contributed by atoms with Crippen LogP contribution in [0.5, 0.6) is 0 Å². The highest BCUT2D eigenvalue weighted by Gasteiger charge is 2.02. The number of hydrogen-bond donors (Lipinski definition) is 1. The van der Waals surface area contributed by atoms with E-state index < -0.39 is 0 Å². The third kappa shape index (κ3) is 1.74. The molecule has 0 aliphatic heterocycles. The molecule has 0 aliphatic rings. The normalized spacial score (nSPS) is 10.1. The van der Waals surface area contributed by atoms with Crippen molar-refractivity contribution in [1.82, 2.24) is 10.2 Å². The van der Waals surface area contributed by atoms with E-state index in [9.17, 15) is 0 Å². The maximum Gasteiger partial charge on any atom is 0.154 e. The minimum atomic E-state index is 0.737. The van der Waals surface area contributed by atoms with Crippen LogP contribution in [0.4, 0.5) is 5.82 Å². The lowest BCUT2D eigenvalue weighted by Gasteiger charge is -2.00. The molecule has 0 aromatic carbocycles. The summed E-state index contributed by atoms with van der Waals surface area (Å²) in [5.74, 6) is 1.52. The summed E-state index contributed by atoms with van der Waals surface area (Å²) in [7, 11) is 0. The fraction of sp³-hybridized carbons (Fsp3) is 0.200. The van der Waals surface area contributed by atoms with Gasteiger partial charge in [0, 0.05) is 6.54 Å². The summed E-state index contributed by atoms with van der Waals surface area (Å²) in [6.07, 6.45) is 1.62. The molecule has 0 aliphatic carbocycles. The molecule has 0 spiro atoms. The molecule has 0 atom stereocenters. The Hall–Kier alpha value is -1.84. The third-order valence-electron chi connectivity index (χ3n) is 1.80. The Balaban J connectivity index is 2.22. The molecule has 0 radical (unpaired) electrons. The SMILES string of the molecule is CCNc1ccc(-c2ccco2)nn1. The summed E-state index contributed by atoms with van der Waals surface area (Å²) in [5, 5.41) is 11.1. The second kappa shape index (κ2) is 3.91. The van der Waals surface area contributed by atoms with Crippen molar-refractivity contribution in [3.63, 3.8) is 0 Å². The summed E-state index contributed by atoms with van der Waals surface area (Å²) < 4.78 is 5.20. The Morgan fingerprint density at radius 1 is 1.29 bits per heavy atom. The molecule has 2 aromatic heterocycles. The highest BCUT2D eigenvalue weighted by molar-refractivity contribution is 5.52. The molecule has 14 heavy (non-hydrogen) atoms. The second-order valence-electron chi connectivity index (χ2n) is 2.81. The average Bonchev–Trinajstić information content (AvgIpc) is 2.72. The van der Waals surface area contributed by atoms with Crippen molar-refractivity contribution in [3.8, 4) is 11.5 Å². The van der Waals surface area contributed by atoms with E-state index in [4.69, 9.17) is 4.42 Å². The Labute approximate surface area is 82.0 Å². The lowest BCUT2D eigenvalue weighted by Crippen LogP contribution is -2.00. The van der Waals surface area contributed by atoms with E-state index in [0.29, 0.717) is 0 Å². The van der Waals surface area contributed by atoms with E-state index in [1.807, 2.05) is 31.2 Å². The number of furan rings is 1. The molecule has 2 heterocycles. The maximum absolute atomic E-state index is 5.20. The van der Waals surface area contributed by atoms with Crippen LogP contribution >= 0.6 is 0 Å². The van der Waals surface area contributed by atoms with Crippen LogP contribution in [0.25, 0.3) is 11.5 Å². The number of anilines is 1. The first-order chi connectivity index (χ1) is 6.90. The molecule has 0 amide bonds. The minimum absolute atomic E-state index is 0.737. The fourth-order valence-electron chi connectivity index (χ4n) is 1.16. The lowest BCUT2D eigenvalue weighted by atomic mass is 10.3. The predicted molar refractivity (Wildman–Crippen MR) is 53.9 cm³/mol. The second-order valence-corrected chi connectivity index (χ2v) is 2.81. The zero-order valence-electron chi connectivity index (χ0n) is 7.90. The monoisotopic (exact) mass is 189 g/mol. The van der Waals surface area contributed by atoms with Gasteiger partial charge in [0.2, 0.25) is 0 Å². The quantitative estimate of drug-likeness (QED) is 0.803. The number of nitrogens with one attached hydrogen (secondary N) is 1. The molecule has 0 saturated carbocycles.